The van der Waals surface area contributed by atoms with Crippen molar-refractivity contribution < 1.29 is 0 Å². The van der Waals surface area contributed by atoms with Crippen LogP contribution in [0.1, 0.15) is 57.4 Å². The van der Waals surface area contributed by atoms with Gasteiger partial charge >= 0.3 is 0 Å². The molecule has 8 aromatic rings. The second-order valence-electron chi connectivity index (χ2n) is 15.0. The molecule has 0 atom stereocenters. The van der Waals surface area contributed by atoms with Gasteiger partial charge in [-0.1, -0.05) is 144 Å². The van der Waals surface area contributed by atoms with Gasteiger partial charge in [-0.05, 0) is 87.5 Å². The van der Waals surface area contributed by atoms with Gasteiger partial charge in [0.1, 0.15) is 0 Å². The standard InChI is InChI=1S/C48H38N2.CH4/c1-47(2)40-22-10-6-20-38(40)46-41(47)23-14-26-45(46)49(33-27-28-35-34-17-5-9-21-39(34)48(3,4)42(35)30-33)31-15-13-16-32(29-31)50-43-24-11-7-18-36(43)37-19-8-12-25-44(37)50;/h5-30H,1-4H3;1H4. The van der Waals surface area contributed by atoms with Crippen molar-refractivity contribution in [2.75, 3.05) is 4.90 Å². The lowest BCUT2D eigenvalue weighted by molar-refractivity contribution is 0.660. The van der Waals surface area contributed by atoms with Crippen LogP contribution in [-0.4, -0.2) is 4.57 Å². The van der Waals surface area contributed by atoms with E-state index in [9.17, 15) is 0 Å². The van der Waals surface area contributed by atoms with E-state index in [0.717, 1.165) is 11.4 Å². The molecule has 0 saturated heterocycles. The highest BCUT2D eigenvalue weighted by Crippen LogP contribution is 2.55. The molecule has 10 rings (SSSR count). The molecule has 0 N–H and O–H groups in total. The third-order valence-electron chi connectivity index (χ3n) is 11.6. The maximum atomic E-state index is 2.51. The van der Waals surface area contributed by atoms with Gasteiger partial charge in [0.2, 0.25) is 0 Å². The summed E-state index contributed by atoms with van der Waals surface area (Å²) in [6, 6.07) is 58.5. The number of benzene rings is 7. The van der Waals surface area contributed by atoms with E-state index in [1.807, 2.05) is 0 Å². The Balaban J connectivity index is 0.00000348. The third-order valence-corrected chi connectivity index (χ3v) is 11.6. The first-order valence-corrected chi connectivity index (χ1v) is 17.7. The molecule has 0 saturated carbocycles. The molecule has 7 aromatic carbocycles. The van der Waals surface area contributed by atoms with Crippen LogP contribution in [0.5, 0.6) is 0 Å². The molecule has 2 nitrogen and oxygen atoms in total. The molecule has 0 radical (unpaired) electrons. The van der Waals surface area contributed by atoms with Crippen LogP contribution in [0.3, 0.4) is 0 Å². The number of anilines is 3. The minimum absolute atomic E-state index is 0. The van der Waals surface area contributed by atoms with Crippen molar-refractivity contribution >= 4 is 38.9 Å². The molecule has 1 aromatic heterocycles. The smallest absolute Gasteiger partial charge is 0.0543 e. The topological polar surface area (TPSA) is 8.17 Å². The molecule has 0 amide bonds. The molecule has 0 aliphatic heterocycles. The number of fused-ring (bicyclic) bond motifs is 9. The van der Waals surface area contributed by atoms with Crippen molar-refractivity contribution in [3.05, 3.63) is 180 Å². The second kappa shape index (κ2) is 11.1. The van der Waals surface area contributed by atoms with Gasteiger partial charge in [-0.2, -0.15) is 0 Å². The van der Waals surface area contributed by atoms with Gasteiger partial charge in [0, 0.05) is 44.2 Å². The Morgan fingerprint density at radius 1 is 0.431 bits per heavy atom. The molecule has 0 spiro atoms. The van der Waals surface area contributed by atoms with Crippen LogP contribution in [0.15, 0.2) is 158 Å². The lowest BCUT2D eigenvalue weighted by atomic mass is 9.82. The summed E-state index contributed by atoms with van der Waals surface area (Å²) in [5.74, 6) is 0. The van der Waals surface area contributed by atoms with Gasteiger partial charge in [-0.25, -0.2) is 0 Å². The highest BCUT2D eigenvalue weighted by molar-refractivity contribution is 6.09. The monoisotopic (exact) mass is 658 g/mol. The van der Waals surface area contributed by atoms with Crippen molar-refractivity contribution in [1.82, 2.24) is 4.57 Å². The lowest BCUT2D eigenvalue weighted by Crippen LogP contribution is -2.17. The molecule has 51 heavy (non-hydrogen) atoms. The molecule has 248 valence electrons. The highest BCUT2D eigenvalue weighted by atomic mass is 15.1. The summed E-state index contributed by atoms with van der Waals surface area (Å²) >= 11 is 0. The maximum Gasteiger partial charge on any atom is 0.0543 e. The largest absolute Gasteiger partial charge is 0.310 e. The Labute approximate surface area is 301 Å². The van der Waals surface area contributed by atoms with Gasteiger partial charge in [0.25, 0.3) is 0 Å². The van der Waals surface area contributed by atoms with E-state index in [4.69, 9.17) is 0 Å². The fourth-order valence-corrected chi connectivity index (χ4v) is 9.15. The average molecular weight is 659 g/mol. The average Bonchev–Trinajstić information content (AvgIpc) is 3.70. The quantitative estimate of drug-likeness (QED) is 0.183. The lowest BCUT2D eigenvalue weighted by Gasteiger charge is -2.30. The Kier molecular flexibility index (Phi) is 6.76. The van der Waals surface area contributed by atoms with Crippen LogP contribution in [0.2, 0.25) is 0 Å². The fourth-order valence-electron chi connectivity index (χ4n) is 9.15. The summed E-state index contributed by atoms with van der Waals surface area (Å²) in [6.07, 6.45) is 0. The highest BCUT2D eigenvalue weighted by Gasteiger charge is 2.39. The molecule has 0 unspecified atom stereocenters. The number of para-hydroxylation sites is 2. The minimum atomic E-state index is -0.106. The Bertz CT molecular complexity index is 2620. The Hall–Kier alpha value is -5.86. The van der Waals surface area contributed by atoms with Crippen LogP contribution in [0.25, 0.3) is 49.7 Å². The Morgan fingerprint density at radius 2 is 0.961 bits per heavy atom. The van der Waals surface area contributed by atoms with Gasteiger partial charge in [-0.15, -0.1) is 0 Å². The zero-order chi connectivity index (χ0) is 33.8. The molecular weight excluding hydrogens is 617 g/mol. The molecular formula is C49H42N2. The van der Waals surface area contributed by atoms with Gasteiger partial charge < -0.3 is 9.47 Å². The maximum absolute atomic E-state index is 2.51. The molecule has 2 aliphatic rings. The molecule has 1 heterocycles. The molecule has 2 aliphatic carbocycles. The van der Waals surface area contributed by atoms with Gasteiger partial charge in [0.15, 0.2) is 0 Å². The molecule has 0 bridgehead atoms. The van der Waals surface area contributed by atoms with Gasteiger partial charge in [-0.3, -0.25) is 0 Å². The van der Waals surface area contributed by atoms with Crippen molar-refractivity contribution in [1.29, 1.82) is 0 Å². The normalized spacial score (nSPS) is 14.4. The number of rotatable bonds is 4. The van der Waals surface area contributed by atoms with E-state index in [-0.39, 0.29) is 18.3 Å². The number of aromatic nitrogens is 1. The van der Waals surface area contributed by atoms with E-state index in [0.29, 0.717) is 0 Å². The summed E-state index contributed by atoms with van der Waals surface area (Å²) in [4.78, 5) is 2.51. The SMILES string of the molecule is C.CC1(C)c2ccccc2-c2ccc(N(c3cccc(-n4c5ccccc5c5ccccc54)c3)c3cccc4c3-c3ccccc3C4(C)C)cc21. The predicted octanol–water partition coefficient (Wildman–Crippen LogP) is 13.5. The zero-order valence-corrected chi connectivity index (χ0v) is 28.9. The summed E-state index contributed by atoms with van der Waals surface area (Å²) in [6.45, 7) is 9.47. The predicted molar refractivity (Wildman–Crippen MR) is 217 cm³/mol. The molecule has 2 heteroatoms. The van der Waals surface area contributed by atoms with Crippen molar-refractivity contribution in [3.8, 4) is 27.9 Å². The van der Waals surface area contributed by atoms with Crippen LogP contribution in [-0.2, 0) is 10.8 Å². The van der Waals surface area contributed by atoms with Crippen LogP contribution in [0.4, 0.5) is 17.1 Å². The number of hydrogen-bond acceptors (Lipinski definition) is 1. The van der Waals surface area contributed by atoms with Crippen LogP contribution in [0, 0.1) is 0 Å². The first kappa shape index (κ1) is 31.1. The minimum Gasteiger partial charge on any atom is -0.310 e. The van der Waals surface area contributed by atoms with E-state index in [1.165, 1.54) is 77.7 Å². The summed E-state index contributed by atoms with van der Waals surface area (Å²) in [5.41, 5.74) is 17.7. The number of nitrogens with zero attached hydrogens (tertiary/aromatic N) is 2. The van der Waals surface area contributed by atoms with Crippen molar-refractivity contribution in [3.63, 3.8) is 0 Å². The van der Waals surface area contributed by atoms with E-state index in [2.05, 4.69) is 195 Å². The second-order valence-corrected chi connectivity index (χ2v) is 15.0. The van der Waals surface area contributed by atoms with Crippen LogP contribution < -0.4 is 4.90 Å². The Morgan fingerprint density at radius 3 is 1.69 bits per heavy atom. The van der Waals surface area contributed by atoms with E-state index < -0.39 is 0 Å². The first-order valence-electron chi connectivity index (χ1n) is 17.7. The van der Waals surface area contributed by atoms with Crippen LogP contribution >= 0.6 is 0 Å². The zero-order valence-electron chi connectivity index (χ0n) is 28.9. The number of hydrogen-bond donors (Lipinski definition) is 0. The van der Waals surface area contributed by atoms with Gasteiger partial charge in [0.05, 0.1) is 16.7 Å². The van der Waals surface area contributed by atoms with Crippen molar-refractivity contribution in [2.45, 2.75) is 46.0 Å². The summed E-state index contributed by atoms with van der Waals surface area (Å²) in [7, 11) is 0. The summed E-state index contributed by atoms with van der Waals surface area (Å²) in [5, 5.41) is 2.54. The summed E-state index contributed by atoms with van der Waals surface area (Å²) < 4.78 is 2.42. The third kappa shape index (κ3) is 4.29. The molecule has 0 fully saturated rings. The first-order chi connectivity index (χ1) is 24.3. The van der Waals surface area contributed by atoms with E-state index in [1.54, 1.807) is 0 Å². The fraction of sp³-hybridized carbons (Fsp3) is 0.143. The van der Waals surface area contributed by atoms with E-state index >= 15 is 0 Å². The van der Waals surface area contributed by atoms with Crippen molar-refractivity contribution in [2.24, 2.45) is 0 Å².